The molecule has 0 radical (unpaired) electrons. The Kier molecular flexibility index (Phi) is 6.98. The topological polar surface area (TPSA) is 85.4 Å². The average Bonchev–Trinajstić information content (AvgIpc) is 2.88. The first-order valence-corrected chi connectivity index (χ1v) is 10.5. The Morgan fingerprint density at radius 2 is 1.71 bits per heavy atom. The highest BCUT2D eigenvalue weighted by Gasteiger charge is 2.10. The molecule has 0 spiro atoms. The zero-order valence-corrected chi connectivity index (χ0v) is 18.7. The van der Waals surface area contributed by atoms with Crippen molar-refractivity contribution in [3.63, 3.8) is 0 Å². The Morgan fingerprint density at radius 1 is 0.941 bits per heavy atom. The number of aromatic nitrogens is 2. The Bertz CT molecular complexity index is 1280. The molecular formula is C26H23FN4O3. The smallest absolute Gasteiger partial charge is 0.251 e. The number of carbonyl (C=O) groups is 1. The van der Waals surface area contributed by atoms with E-state index < -0.39 is 0 Å². The summed E-state index contributed by atoms with van der Waals surface area (Å²) in [4.78, 5) is 21.3. The molecule has 1 heterocycles. The normalized spacial score (nSPS) is 10.4. The standard InChI is InChI=1S/C26H23FN4O3/c1-33-22-12-7-19(23(15-22)34-2)16-29-26(32)18-5-10-21(11-6-18)30-24-13-14-28-25(31-24)17-3-8-20(27)9-4-17/h3-15H,16H2,1-2H3,(H,29,32)(H,28,30,31). The van der Waals surface area contributed by atoms with Crippen molar-refractivity contribution in [3.8, 4) is 22.9 Å². The number of anilines is 2. The molecule has 0 aliphatic heterocycles. The van der Waals surface area contributed by atoms with E-state index >= 15 is 0 Å². The van der Waals surface area contributed by atoms with Crippen LogP contribution < -0.4 is 20.1 Å². The molecule has 3 aromatic carbocycles. The molecule has 0 aliphatic carbocycles. The van der Waals surface area contributed by atoms with Crippen LogP contribution in [0.3, 0.4) is 0 Å². The third kappa shape index (κ3) is 5.47. The summed E-state index contributed by atoms with van der Waals surface area (Å²) in [6.45, 7) is 0.319. The van der Waals surface area contributed by atoms with Crippen molar-refractivity contribution in [1.82, 2.24) is 15.3 Å². The number of hydrogen-bond donors (Lipinski definition) is 2. The highest BCUT2D eigenvalue weighted by Crippen LogP contribution is 2.24. The van der Waals surface area contributed by atoms with Gasteiger partial charge in [0.15, 0.2) is 5.82 Å². The lowest BCUT2D eigenvalue weighted by molar-refractivity contribution is 0.0950. The van der Waals surface area contributed by atoms with Crippen molar-refractivity contribution in [2.24, 2.45) is 0 Å². The first-order chi connectivity index (χ1) is 16.6. The van der Waals surface area contributed by atoms with Crippen LogP contribution in [-0.4, -0.2) is 30.1 Å². The lowest BCUT2D eigenvalue weighted by Gasteiger charge is -2.12. The number of amides is 1. The summed E-state index contributed by atoms with van der Waals surface area (Å²) in [6.07, 6.45) is 1.63. The number of halogens is 1. The molecule has 7 nitrogen and oxygen atoms in total. The second-order valence-corrected chi connectivity index (χ2v) is 7.34. The Balaban J connectivity index is 1.39. The van der Waals surface area contributed by atoms with Gasteiger partial charge in [0.05, 0.1) is 14.2 Å². The van der Waals surface area contributed by atoms with Crippen molar-refractivity contribution in [2.45, 2.75) is 6.54 Å². The van der Waals surface area contributed by atoms with Gasteiger partial charge in [0.1, 0.15) is 23.1 Å². The first-order valence-electron chi connectivity index (χ1n) is 10.5. The Hall–Kier alpha value is -4.46. The Morgan fingerprint density at radius 3 is 2.41 bits per heavy atom. The molecule has 172 valence electrons. The summed E-state index contributed by atoms with van der Waals surface area (Å²) < 4.78 is 23.7. The van der Waals surface area contributed by atoms with Gasteiger partial charge < -0.3 is 20.1 Å². The van der Waals surface area contributed by atoms with Gasteiger partial charge in [0.25, 0.3) is 5.91 Å². The number of methoxy groups -OCH3 is 2. The minimum Gasteiger partial charge on any atom is -0.497 e. The number of ether oxygens (including phenoxy) is 2. The molecule has 0 aliphatic rings. The molecule has 8 heteroatoms. The summed E-state index contributed by atoms with van der Waals surface area (Å²) in [6, 6.07) is 20.2. The number of carbonyl (C=O) groups excluding carboxylic acids is 1. The third-order valence-corrected chi connectivity index (χ3v) is 5.11. The van der Waals surface area contributed by atoms with Gasteiger partial charge in [0.2, 0.25) is 0 Å². The third-order valence-electron chi connectivity index (χ3n) is 5.11. The fourth-order valence-electron chi connectivity index (χ4n) is 3.29. The Labute approximate surface area is 196 Å². The molecule has 4 rings (SSSR count). The van der Waals surface area contributed by atoms with Gasteiger partial charge in [-0.2, -0.15) is 0 Å². The van der Waals surface area contributed by atoms with Crippen LogP contribution in [0.25, 0.3) is 11.4 Å². The molecular weight excluding hydrogens is 435 g/mol. The molecule has 34 heavy (non-hydrogen) atoms. The monoisotopic (exact) mass is 458 g/mol. The van der Waals surface area contributed by atoms with Gasteiger partial charge in [-0.15, -0.1) is 0 Å². The second-order valence-electron chi connectivity index (χ2n) is 7.34. The van der Waals surface area contributed by atoms with Gasteiger partial charge in [-0.1, -0.05) is 0 Å². The maximum atomic E-state index is 13.2. The summed E-state index contributed by atoms with van der Waals surface area (Å²) in [5.74, 6) is 1.87. The van der Waals surface area contributed by atoms with Crippen LogP contribution in [0.15, 0.2) is 79.0 Å². The van der Waals surface area contributed by atoms with E-state index in [9.17, 15) is 9.18 Å². The first kappa shape index (κ1) is 22.7. The minimum absolute atomic E-state index is 0.204. The molecule has 0 saturated carbocycles. The van der Waals surface area contributed by atoms with Gasteiger partial charge in [0, 0.05) is 41.2 Å². The number of nitrogens with zero attached hydrogens (tertiary/aromatic N) is 2. The molecule has 0 bridgehead atoms. The number of hydrogen-bond acceptors (Lipinski definition) is 6. The van der Waals surface area contributed by atoms with E-state index in [0.717, 1.165) is 11.3 Å². The largest absolute Gasteiger partial charge is 0.497 e. The van der Waals surface area contributed by atoms with Gasteiger partial charge in [-0.25, -0.2) is 14.4 Å². The molecule has 4 aromatic rings. The summed E-state index contributed by atoms with van der Waals surface area (Å²) in [5.41, 5.74) is 2.84. The molecule has 1 aromatic heterocycles. The number of benzene rings is 3. The van der Waals surface area contributed by atoms with Crippen LogP contribution >= 0.6 is 0 Å². The molecule has 1 amide bonds. The highest BCUT2D eigenvalue weighted by atomic mass is 19.1. The fraction of sp³-hybridized carbons (Fsp3) is 0.115. The van der Waals surface area contributed by atoms with E-state index in [2.05, 4.69) is 20.6 Å². The van der Waals surface area contributed by atoms with Crippen LogP contribution in [0.5, 0.6) is 11.5 Å². The summed E-state index contributed by atoms with van der Waals surface area (Å²) >= 11 is 0. The second kappa shape index (κ2) is 10.4. The zero-order chi connectivity index (χ0) is 23.9. The SMILES string of the molecule is COc1ccc(CNC(=O)c2ccc(Nc3ccnc(-c4ccc(F)cc4)n3)cc2)c(OC)c1. The van der Waals surface area contributed by atoms with Crippen LogP contribution in [-0.2, 0) is 6.54 Å². The van der Waals surface area contributed by atoms with Crippen molar-refractivity contribution in [1.29, 1.82) is 0 Å². The maximum absolute atomic E-state index is 13.2. The lowest BCUT2D eigenvalue weighted by atomic mass is 10.1. The van der Waals surface area contributed by atoms with E-state index in [1.54, 1.807) is 68.9 Å². The molecule has 0 unspecified atom stereocenters. The minimum atomic E-state index is -0.315. The van der Waals surface area contributed by atoms with E-state index in [-0.39, 0.29) is 11.7 Å². The maximum Gasteiger partial charge on any atom is 0.251 e. The number of nitrogens with one attached hydrogen (secondary N) is 2. The zero-order valence-electron chi connectivity index (χ0n) is 18.7. The van der Waals surface area contributed by atoms with Crippen LogP contribution in [0.4, 0.5) is 15.9 Å². The van der Waals surface area contributed by atoms with Gasteiger partial charge in [-0.05, 0) is 66.7 Å². The average molecular weight is 458 g/mol. The molecule has 0 atom stereocenters. The van der Waals surface area contributed by atoms with Crippen LogP contribution in [0, 0.1) is 5.82 Å². The van der Waals surface area contributed by atoms with E-state index in [4.69, 9.17) is 9.47 Å². The van der Waals surface area contributed by atoms with Crippen molar-refractivity contribution >= 4 is 17.4 Å². The summed E-state index contributed by atoms with van der Waals surface area (Å²) in [7, 11) is 3.16. The summed E-state index contributed by atoms with van der Waals surface area (Å²) in [5, 5.41) is 6.09. The predicted octanol–water partition coefficient (Wildman–Crippen LogP) is 4.97. The number of rotatable bonds is 8. The van der Waals surface area contributed by atoms with E-state index in [1.165, 1.54) is 12.1 Å². The fourth-order valence-corrected chi connectivity index (χ4v) is 3.29. The highest BCUT2D eigenvalue weighted by molar-refractivity contribution is 5.94. The van der Waals surface area contributed by atoms with Gasteiger partial charge in [-0.3, -0.25) is 4.79 Å². The molecule has 2 N–H and O–H groups in total. The molecule has 0 fully saturated rings. The van der Waals surface area contributed by atoms with Crippen LogP contribution in [0.2, 0.25) is 0 Å². The van der Waals surface area contributed by atoms with Crippen LogP contribution in [0.1, 0.15) is 15.9 Å². The van der Waals surface area contributed by atoms with Crippen molar-refractivity contribution < 1.29 is 18.7 Å². The van der Waals surface area contributed by atoms with Crippen molar-refractivity contribution in [2.75, 3.05) is 19.5 Å². The quantitative estimate of drug-likeness (QED) is 0.388. The van der Waals surface area contributed by atoms with Crippen molar-refractivity contribution in [3.05, 3.63) is 95.9 Å². The van der Waals surface area contributed by atoms with Gasteiger partial charge >= 0.3 is 0 Å². The lowest BCUT2D eigenvalue weighted by Crippen LogP contribution is -2.23. The van der Waals surface area contributed by atoms with E-state index in [1.807, 2.05) is 12.1 Å². The molecule has 0 saturated heterocycles. The predicted molar refractivity (Wildman–Crippen MR) is 128 cm³/mol. The van der Waals surface area contributed by atoms with E-state index in [0.29, 0.717) is 40.8 Å².